The zero-order valence-electron chi connectivity index (χ0n) is 10.4. The Morgan fingerprint density at radius 2 is 2.05 bits per heavy atom. The molecule has 0 fully saturated rings. The summed E-state index contributed by atoms with van der Waals surface area (Å²) in [5.74, 6) is 0.354. The molecule has 0 unspecified atom stereocenters. The number of ketones is 1. The molecule has 0 bridgehead atoms. The molecule has 0 saturated heterocycles. The minimum Gasteiger partial charge on any atom is -0.495 e. The van der Waals surface area contributed by atoms with E-state index in [-0.39, 0.29) is 5.78 Å². The molecular weight excluding hydrogens is 264 g/mol. The van der Waals surface area contributed by atoms with Crippen LogP contribution in [-0.2, 0) is 6.54 Å². The molecule has 0 radical (unpaired) electrons. The van der Waals surface area contributed by atoms with Gasteiger partial charge in [-0.2, -0.15) is 0 Å². The van der Waals surface area contributed by atoms with Gasteiger partial charge in [0.2, 0.25) is 0 Å². The second-order valence-electron chi connectivity index (χ2n) is 3.92. The molecule has 1 heterocycles. The van der Waals surface area contributed by atoms with Crippen molar-refractivity contribution in [3.8, 4) is 5.75 Å². The van der Waals surface area contributed by atoms with Gasteiger partial charge in [-0.1, -0.05) is 11.6 Å². The highest BCUT2D eigenvalue weighted by Gasteiger charge is 2.12. The van der Waals surface area contributed by atoms with Crippen molar-refractivity contribution in [2.24, 2.45) is 5.73 Å². The van der Waals surface area contributed by atoms with E-state index in [1.54, 1.807) is 36.5 Å². The number of nitrogens with zero attached hydrogens (tertiary/aromatic N) is 1. The fraction of sp³-hybridized carbons (Fsp3) is 0.143. The Balaban J connectivity index is 2.38. The molecule has 0 aliphatic carbocycles. The molecule has 2 rings (SSSR count). The Bertz CT molecular complexity index is 614. The number of ether oxygens (including phenoxy) is 1. The van der Waals surface area contributed by atoms with E-state index in [9.17, 15) is 4.79 Å². The highest BCUT2D eigenvalue weighted by atomic mass is 35.5. The monoisotopic (exact) mass is 276 g/mol. The van der Waals surface area contributed by atoms with Crippen LogP contribution in [0.2, 0.25) is 5.02 Å². The molecule has 0 amide bonds. The van der Waals surface area contributed by atoms with Gasteiger partial charge in [0.15, 0.2) is 5.78 Å². The van der Waals surface area contributed by atoms with Gasteiger partial charge in [0.1, 0.15) is 5.75 Å². The molecule has 0 atom stereocenters. The van der Waals surface area contributed by atoms with E-state index in [4.69, 9.17) is 22.1 Å². The summed E-state index contributed by atoms with van der Waals surface area (Å²) in [6, 6.07) is 8.26. The minimum absolute atomic E-state index is 0.118. The van der Waals surface area contributed by atoms with Crippen LogP contribution in [0.25, 0.3) is 0 Å². The molecule has 1 aromatic carbocycles. The molecule has 0 saturated carbocycles. The number of halogens is 1. The number of pyridine rings is 1. The van der Waals surface area contributed by atoms with Crippen molar-refractivity contribution in [3.63, 3.8) is 0 Å². The van der Waals surface area contributed by atoms with Crippen molar-refractivity contribution in [1.82, 2.24) is 4.98 Å². The Kier molecular flexibility index (Phi) is 4.14. The van der Waals surface area contributed by atoms with Crippen LogP contribution in [0, 0.1) is 0 Å². The van der Waals surface area contributed by atoms with Gasteiger partial charge in [0, 0.05) is 23.9 Å². The summed E-state index contributed by atoms with van der Waals surface area (Å²) in [6.45, 7) is 0.297. The predicted octanol–water partition coefficient (Wildman–Crippen LogP) is 2.43. The number of nitrogens with two attached hydrogens (primary N) is 1. The molecule has 0 aliphatic rings. The van der Waals surface area contributed by atoms with Crippen molar-refractivity contribution < 1.29 is 9.53 Å². The molecule has 0 aliphatic heterocycles. The number of carbonyl (C=O) groups is 1. The molecule has 19 heavy (non-hydrogen) atoms. The van der Waals surface area contributed by atoms with Crippen LogP contribution in [0.3, 0.4) is 0 Å². The van der Waals surface area contributed by atoms with Crippen LogP contribution < -0.4 is 10.5 Å². The Labute approximate surface area is 116 Å². The first-order valence-corrected chi connectivity index (χ1v) is 6.06. The lowest BCUT2D eigenvalue weighted by Crippen LogP contribution is -2.05. The predicted molar refractivity (Wildman–Crippen MR) is 73.6 cm³/mol. The lowest BCUT2D eigenvalue weighted by molar-refractivity contribution is 0.103. The maximum Gasteiger partial charge on any atom is 0.193 e. The fourth-order valence-corrected chi connectivity index (χ4v) is 1.89. The SMILES string of the molecule is COc1cc(C(=O)c2ccnc(CN)c2)ccc1Cl. The van der Waals surface area contributed by atoms with Gasteiger partial charge in [-0.05, 0) is 30.3 Å². The third kappa shape index (κ3) is 2.92. The molecule has 98 valence electrons. The standard InChI is InChI=1S/C14H13ClN2O2/c1-19-13-7-9(2-3-12(13)15)14(18)10-4-5-17-11(6-10)8-16/h2-7H,8,16H2,1H3. The first-order valence-electron chi connectivity index (χ1n) is 5.69. The maximum absolute atomic E-state index is 12.3. The smallest absolute Gasteiger partial charge is 0.193 e. The zero-order valence-corrected chi connectivity index (χ0v) is 11.1. The first-order chi connectivity index (χ1) is 9.15. The number of rotatable bonds is 4. The van der Waals surface area contributed by atoms with Gasteiger partial charge < -0.3 is 10.5 Å². The van der Waals surface area contributed by atoms with Gasteiger partial charge in [-0.3, -0.25) is 9.78 Å². The van der Waals surface area contributed by atoms with Gasteiger partial charge in [-0.25, -0.2) is 0 Å². The summed E-state index contributed by atoms with van der Waals surface area (Å²) in [5.41, 5.74) is 7.24. The summed E-state index contributed by atoms with van der Waals surface area (Å²) in [7, 11) is 1.51. The third-order valence-corrected chi connectivity index (χ3v) is 3.01. The van der Waals surface area contributed by atoms with Crippen LogP contribution >= 0.6 is 11.6 Å². The second-order valence-corrected chi connectivity index (χ2v) is 4.33. The van der Waals surface area contributed by atoms with E-state index in [1.807, 2.05) is 0 Å². The normalized spacial score (nSPS) is 10.3. The van der Waals surface area contributed by atoms with E-state index in [0.717, 1.165) is 0 Å². The molecule has 2 N–H and O–H groups in total. The summed E-state index contributed by atoms with van der Waals surface area (Å²) in [6.07, 6.45) is 1.57. The average molecular weight is 277 g/mol. The average Bonchev–Trinajstić information content (AvgIpc) is 2.47. The second kappa shape index (κ2) is 5.82. The third-order valence-electron chi connectivity index (χ3n) is 2.70. The lowest BCUT2D eigenvalue weighted by atomic mass is 10.0. The Hall–Kier alpha value is -1.91. The summed E-state index contributed by atoms with van der Waals surface area (Å²) in [5, 5.41) is 0.469. The van der Waals surface area contributed by atoms with Crippen molar-refractivity contribution >= 4 is 17.4 Å². The number of hydrogen-bond donors (Lipinski definition) is 1. The van der Waals surface area contributed by atoms with Crippen LogP contribution in [0.5, 0.6) is 5.75 Å². The molecule has 0 spiro atoms. The van der Waals surface area contributed by atoms with Crippen molar-refractivity contribution in [1.29, 1.82) is 0 Å². The first kappa shape index (κ1) is 13.5. The highest BCUT2D eigenvalue weighted by molar-refractivity contribution is 6.32. The molecule has 1 aromatic heterocycles. The van der Waals surface area contributed by atoms with Gasteiger partial charge in [0.05, 0.1) is 17.8 Å². The molecule has 4 nitrogen and oxygen atoms in total. The fourth-order valence-electron chi connectivity index (χ4n) is 1.70. The Morgan fingerprint density at radius 3 is 2.74 bits per heavy atom. The van der Waals surface area contributed by atoms with Gasteiger partial charge >= 0.3 is 0 Å². The number of methoxy groups -OCH3 is 1. The lowest BCUT2D eigenvalue weighted by Gasteiger charge is -2.06. The van der Waals surface area contributed by atoms with Gasteiger partial charge in [0.25, 0.3) is 0 Å². The van der Waals surface area contributed by atoms with Crippen LogP contribution in [-0.4, -0.2) is 17.9 Å². The molecule has 2 aromatic rings. The van der Waals surface area contributed by atoms with Gasteiger partial charge in [-0.15, -0.1) is 0 Å². The summed E-state index contributed by atoms with van der Waals surface area (Å²) in [4.78, 5) is 16.4. The zero-order chi connectivity index (χ0) is 13.8. The van der Waals surface area contributed by atoms with E-state index >= 15 is 0 Å². The number of aromatic nitrogens is 1. The van der Waals surface area contributed by atoms with E-state index in [1.165, 1.54) is 7.11 Å². The van der Waals surface area contributed by atoms with Crippen molar-refractivity contribution in [3.05, 3.63) is 58.4 Å². The number of benzene rings is 1. The highest BCUT2D eigenvalue weighted by Crippen LogP contribution is 2.26. The van der Waals surface area contributed by atoms with E-state index in [0.29, 0.717) is 34.1 Å². The minimum atomic E-state index is -0.118. The summed E-state index contributed by atoms with van der Waals surface area (Å²) >= 11 is 5.93. The van der Waals surface area contributed by atoms with E-state index in [2.05, 4.69) is 4.98 Å². The Morgan fingerprint density at radius 1 is 1.32 bits per heavy atom. The maximum atomic E-state index is 12.3. The van der Waals surface area contributed by atoms with E-state index < -0.39 is 0 Å². The number of carbonyl (C=O) groups excluding carboxylic acids is 1. The number of hydrogen-bond acceptors (Lipinski definition) is 4. The summed E-state index contributed by atoms with van der Waals surface area (Å²) < 4.78 is 5.10. The van der Waals surface area contributed by atoms with Crippen LogP contribution in [0.15, 0.2) is 36.5 Å². The van der Waals surface area contributed by atoms with Crippen LogP contribution in [0.4, 0.5) is 0 Å². The van der Waals surface area contributed by atoms with Crippen LogP contribution in [0.1, 0.15) is 21.6 Å². The topological polar surface area (TPSA) is 65.2 Å². The largest absolute Gasteiger partial charge is 0.495 e. The molecular formula is C14H13ClN2O2. The molecule has 5 heteroatoms. The quantitative estimate of drug-likeness (QED) is 0.871. The van der Waals surface area contributed by atoms with Crippen molar-refractivity contribution in [2.75, 3.05) is 7.11 Å². The van der Waals surface area contributed by atoms with Crippen molar-refractivity contribution in [2.45, 2.75) is 6.54 Å².